The van der Waals surface area contributed by atoms with Gasteiger partial charge in [0.2, 0.25) is 11.7 Å². The molecule has 0 aliphatic heterocycles. The van der Waals surface area contributed by atoms with Crippen LogP contribution in [0.15, 0.2) is 22.7 Å². The zero-order chi connectivity index (χ0) is 25.4. The van der Waals surface area contributed by atoms with Gasteiger partial charge in [-0.1, -0.05) is 25.4 Å². The van der Waals surface area contributed by atoms with Crippen LogP contribution in [0.25, 0.3) is 23.0 Å². The Balaban J connectivity index is 1.80. The number of benzene rings is 1. The summed E-state index contributed by atoms with van der Waals surface area (Å²) in [5.74, 6) is 0.769. The Kier molecular flexibility index (Phi) is 9.10. The van der Waals surface area contributed by atoms with Crippen LogP contribution in [0, 0.1) is 6.92 Å². The maximum absolute atomic E-state index is 11.1. The van der Waals surface area contributed by atoms with Crippen LogP contribution in [0.1, 0.15) is 37.1 Å². The zero-order valence-electron chi connectivity index (χ0n) is 20.4. The van der Waals surface area contributed by atoms with Crippen molar-refractivity contribution >= 4 is 5.91 Å². The van der Waals surface area contributed by atoms with Crippen molar-refractivity contribution in [2.45, 2.75) is 46.1 Å². The number of nitrogens with zero attached hydrogens (tertiary/aromatic N) is 4. The molecule has 0 spiro atoms. The molecule has 11 nitrogen and oxygen atoms in total. The number of nitrogens with one attached hydrogen (secondary N) is 1. The van der Waals surface area contributed by atoms with E-state index < -0.39 is 18.6 Å². The minimum Gasteiger partial charge on any atom is -0.490 e. The Bertz CT molecular complexity index is 1150. The molecule has 11 heteroatoms. The molecule has 1 unspecified atom stereocenters. The molecule has 0 radical (unpaired) electrons. The van der Waals surface area contributed by atoms with E-state index in [0.29, 0.717) is 23.7 Å². The zero-order valence-corrected chi connectivity index (χ0v) is 20.4. The highest BCUT2D eigenvalue weighted by Crippen LogP contribution is 2.31. The van der Waals surface area contributed by atoms with Gasteiger partial charge in [-0.05, 0) is 49.1 Å². The number of carbonyl (C=O) groups excluding carboxylic acids is 1. The van der Waals surface area contributed by atoms with Crippen molar-refractivity contribution in [3.8, 4) is 34.7 Å². The van der Waals surface area contributed by atoms with Crippen LogP contribution in [-0.4, -0.2) is 69.2 Å². The Morgan fingerprint density at radius 3 is 2.69 bits per heavy atom. The number of methoxy groups -OCH3 is 1. The molecular weight excluding hydrogens is 454 g/mol. The Morgan fingerprint density at radius 1 is 1.20 bits per heavy atom. The van der Waals surface area contributed by atoms with Crippen molar-refractivity contribution in [1.29, 1.82) is 0 Å². The predicted octanol–water partition coefficient (Wildman–Crippen LogP) is 1.87. The maximum atomic E-state index is 11.1. The summed E-state index contributed by atoms with van der Waals surface area (Å²) < 4.78 is 16.6. The summed E-state index contributed by atoms with van der Waals surface area (Å²) in [7, 11) is 1.51. The summed E-state index contributed by atoms with van der Waals surface area (Å²) in [6.07, 6.45) is 1.46. The fourth-order valence-electron chi connectivity index (χ4n) is 3.47. The molecule has 3 aromatic rings. The first-order chi connectivity index (χ1) is 16.9. The standard InChI is InChI=1S/C24H31N5O6/c1-5-7-17-10-19(27-24(26-17)33-4)23-28-22(29-35-23)16-8-14(3)21(15(6-2)9-16)34-13-18(31)11-25-20(32)12-30/h8-10,18,30-31H,5-7,11-13H2,1-4H3,(H,25,32). The van der Waals surface area contributed by atoms with Gasteiger partial charge in [-0.3, -0.25) is 4.79 Å². The van der Waals surface area contributed by atoms with Crippen LogP contribution in [0.3, 0.4) is 0 Å². The molecule has 0 bridgehead atoms. The highest BCUT2D eigenvalue weighted by atomic mass is 16.5. The second-order valence-electron chi connectivity index (χ2n) is 7.97. The number of aliphatic hydroxyl groups excluding tert-OH is 2. The number of rotatable bonds is 12. The molecule has 3 rings (SSSR count). The summed E-state index contributed by atoms with van der Waals surface area (Å²) in [6.45, 7) is 5.30. The largest absolute Gasteiger partial charge is 0.490 e. The van der Waals surface area contributed by atoms with E-state index in [1.807, 2.05) is 32.0 Å². The highest BCUT2D eigenvalue weighted by molar-refractivity contribution is 5.76. The van der Waals surface area contributed by atoms with Gasteiger partial charge in [0.1, 0.15) is 30.8 Å². The van der Waals surface area contributed by atoms with E-state index in [-0.39, 0.29) is 25.1 Å². The summed E-state index contributed by atoms with van der Waals surface area (Å²) in [6, 6.07) is 5.86. The molecule has 0 aliphatic carbocycles. The summed E-state index contributed by atoms with van der Waals surface area (Å²) >= 11 is 0. The van der Waals surface area contributed by atoms with Gasteiger partial charge < -0.3 is 29.5 Å². The number of aryl methyl sites for hydroxylation is 3. The van der Waals surface area contributed by atoms with Crippen molar-refractivity contribution in [2.75, 3.05) is 26.9 Å². The minimum absolute atomic E-state index is 0.0130. The molecule has 0 fully saturated rings. The fraction of sp³-hybridized carbons (Fsp3) is 0.458. The second-order valence-corrected chi connectivity index (χ2v) is 7.97. The summed E-state index contributed by atoms with van der Waals surface area (Å²) in [4.78, 5) is 24.4. The maximum Gasteiger partial charge on any atom is 0.317 e. The average molecular weight is 486 g/mol. The van der Waals surface area contributed by atoms with Gasteiger partial charge in [0.05, 0.1) is 7.11 Å². The van der Waals surface area contributed by atoms with Gasteiger partial charge in [-0.25, -0.2) is 4.98 Å². The van der Waals surface area contributed by atoms with Crippen molar-refractivity contribution in [3.63, 3.8) is 0 Å². The van der Waals surface area contributed by atoms with Crippen molar-refractivity contribution < 1.29 is 29.0 Å². The number of hydrogen-bond donors (Lipinski definition) is 3. The van der Waals surface area contributed by atoms with Gasteiger partial charge in [-0.15, -0.1) is 0 Å². The van der Waals surface area contributed by atoms with Crippen molar-refractivity contribution in [1.82, 2.24) is 25.4 Å². The third-order valence-electron chi connectivity index (χ3n) is 5.18. The van der Waals surface area contributed by atoms with Crippen LogP contribution in [-0.2, 0) is 17.6 Å². The first-order valence-electron chi connectivity index (χ1n) is 11.5. The molecule has 2 heterocycles. The average Bonchev–Trinajstić information content (AvgIpc) is 3.36. The van der Waals surface area contributed by atoms with Crippen LogP contribution < -0.4 is 14.8 Å². The molecular formula is C24H31N5O6. The second kappa shape index (κ2) is 12.2. The van der Waals surface area contributed by atoms with E-state index in [2.05, 4.69) is 32.3 Å². The van der Waals surface area contributed by atoms with E-state index in [1.54, 1.807) is 0 Å². The van der Waals surface area contributed by atoms with Gasteiger partial charge in [0.25, 0.3) is 5.89 Å². The number of aromatic nitrogens is 4. The lowest BCUT2D eigenvalue weighted by molar-refractivity contribution is -0.124. The van der Waals surface area contributed by atoms with E-state index in [9.17, 15) is 9.90 Å². The van der Waals surface area contributed by atoms with E-state index in [0.717, 1.165) is 35.2 Å². The minimum atomic E-state index is -0.920. The smallest absolute Gasteiger partial charge is 0.317 e. The molecule has 0 saturated carbocycles. The van der Waals surface area contributed by atoms with E-state index in [1.165, 1.54) is 7.11 Å². The molecule has 3 N–H and O–H groups in total. The first-order valence-corrected chi connectivity index (χ1v) is 11.5. The van der Waals surface area contributed by atoms with Crippen LogP contribution in [0.5, 0.6) is 11.8 Å². The van der Waals surface area contributed by atoms with Crippen molar-refractivity contribution in [2.24, 2.45) is 0 Å². The number of hydrogen-bond acceptors (Lipinski definition) is 10. The summed E-state index contributed by atoms with van der Waals surface area (Å²) in [5.41, 5.74) is 3.83. The topological polar surface area (TPSA) is 153 Å². The number of amides is 1. The third-order valence-corrected chi connectivity index (χ3v) is 5.18. The van der Waals surface area contributed by atoms with Gasteiger partial charge in [0.15, 0.2) is 0 Å². The van der Waals surface area contributed by atoms with Gasteiger partial charge >= 0.3 is 6.01 Å². The Labute approximate surface area is 203 Å². The quantitative estimate of drug-likeness (QED) is 0.346. The van der Waals surface area contributed by atoms with Gasteiger partial charge in [0, 0.05) is 17.8 Å². The number of aliphatic hydroxyl groups is 2. The monoisotopic (exact) mass is 485 g/mol. The van der Waals surface area contributed by atoms with E-state index >= 15 is 0 Å². The van der Waals surface area contributed by atoms with Crippen LogP contribution in [0.2, 0.25) is 0 Å². The number of ether oxygens (including phenoxy) is 2. The lowest BCUT2D eigenvalue weighted by atomic mass is 10.0. The first kappa shape index (κ1) is 26.0. The van der Waals surface area contributed by atoms with Crippen LogP contribution >= 0.6 is 0 Å². The third kappa shape index (κ3) is 6.74. The molecule has 0 saturated heterocycles. The molecule has 35 heavy (non-hydrogen) atoms. The molecule has 0 aliphatic rings. The Hall–Kier alpha value is -3.57. The molecule has 188 valence electrons. The van der Waals surface area contributed by atoms with Crippen molar-refractivity contribution in [3.05, 3.63) is 35.0 Å². The lowest BCUT2D eigenvalue weighted by Gasteiger charge is -2.17. The number of carbonyl (C=O) groups is 1. The van der Waals surface area contributed by atoms with Crippen LogP contribution in [0.4, 0.5) is 0 Å². The Morgan fingerprint density at radius 2 is 2.00 bits per heavy atom. The molecule has 2 aromatic heterocycles. The normalized spacial score (nSPS) is 11.8. The van der Waals surface area contributed by atoms with Gasteiger partial charge in [-0.2, -0.15) is 9.97 Å². The van der Waals surface area contributed by atoms with E-state index in [4.69, 9.17) is 19.1 Å². The summed E-state index contributed by atoms with van der Waals surface area (Å²) in [5, 5.41) is 25.4. The fourth-order valence-corrected chi connectivity index (χ4v) is 3.47. The molecule has 1 aromatic carbocycles. The molecule has 1 amide bonds. The predicted molar refractivity (Wildman–Crippen MR) is 127 cm³/mol. The lowest BCUT2D eigenvalue weighted by Crippen LogP contribution is -2.36. The highest BCUT2D eigenvalue weighted by Gasteiger charge is 2.18. The SMILES string of the molecule is CCCc1cc(-c2nc(-c3cc(C)c(OCC(O)CNC(=O)CO)c(CC)c3)no2)nc(OC)n1. The molecule has 1 atom stereocenters.